The number of nitrogens with one attached hydrogen (secondary N) is 1. The molecule has 0 radical (unpaired) electrons. The first kappa shape index (κ1) is 18.3. The monoisotopic (exact) mass is 396 g/mol. The van der Waals surface area contributed by atoms with E-state index in [2.05, 4.69) is 4.72 Å². The third kappa shape index (κ3) is 3.51. The van der Waals surface area contributed by atoms with Crippen LogP contribution in [0.2, 0.25) is 5.02 Å². The van der Waals surface area contributed by atoms with E-state index in [9.17, 15) is 13.2 Å². The highest BCUT2D eigenvalue weighted by Gasteiger charge is 2.44. The van der Waals surface area contributed by atoms with Crippen molar-refractivity contribution in [1.29, 1.82) is 0 Å². The molecule has 4 fully saturated rings. The van der Waals surface area contributed by atoms with E-state index in [4.69, 9.17) is 11.6 Å². The Morgan fingerprint density at radius 1 is 1.08 bits per heavy atom. The molecule has 2 saturated carbocycles. The molecule has 26 heavy (non-hydrogen) atoms. The molecule has 2 heterocycles. The van der Waals surface area contributed by atoms with E-state index < -0.39 is 16.1 Å². The molecule has 2 unspecified atom stereocenters. The molecule has 142 valence electrons. The number of nitrogens with zero attached hydrogens (tertiary/aromatic N) is 1. The number of sulfonamides is 1. The van der Waals surface area contributed by atoms with Crippen LogP contribution < -0.4 is 4.72 Å². The highest BCUT2D eigenvalue weighted by Crippen LogP contribution is 2.47. The molecule has 2 aliphatic heterocycles. The van der Waals surface area contributed by atoms with Gasteiger partial charge in [0, 0.05) is 17.6 Å². The second-order valence-electron chi connectivity index (χ2n) is 8.22. The van der Waals surface area contributed by atoms with Crippen LogP contribution >= 0.6 is 11.6 Å². The van der Waals surface area contributed by atoms with Gasteiger partial charge in [0.25, 0.3) is 0 Å². The van der Waals surface area contributed by atoms with Gasteiger partial charge in [0.15, 0.2) is 0 Å². The maximum Gasteiger partial charge on any atom is 0.241 e. The fourth-order valence-electron chi connectivity index (χ4n) is 5.27. The molecule has 4 bridgehead atoms. The molecule has 1 amide bonds. The molecule has 7 heteroatoms. The van der Waals surface area contributed by atoms with Crippen molar-refractivity contribution in [1.82, 2.24) is 9.62 Å². The van der Waals surface area contributed by atoms with Crippen LogP contribution in [0.5, 0.6) is 0 Å². The molecule has 5 rings (SSSR count). The van der Waals surface area contributed by atoms with E-state index in [0.717, 1.165) is 31.2 Å². The van der Waals surface area contributed by atoms with Crippen LogP contribution in [0.3, 0.4) is 0 Å². The van der Waals surface area contributed by atoms with Crippen molar-refractivity contribution < 1.29 is 13.2 Å². The quantitative estimate of drug-likeness (QED) is 0.850. The Balaban J connectivity index is 1.48. The van der Waals surface area contributed by atoms with Crippen molar-refractivity contribution in [2.45, 2.75) is 56.0 Å². The molecule has 4 aliphatic rings. The van der Waals surface area contributed by atoms with Gasteiger partial charge in [-0.3, -0.25) is 4.79 Å². The average Bonchev–Trinajstić information content (AvgIpc) is 2.77. The summed E-state index contributed by atoms with van der Waals surface area (Å²) in [6, 6.07) is 5.48. The van der Waals surface area contributed by atoms with E-state index in [-0.39, 0.29) is 16.8 Å². The number of hydrogen-bond acceptors (Lipinski definition) is 3. The normalized spacial score (nSPS) is 31.7. The van der Waals surface area contributed by atoms with Gasteiger partial charge in [0.05, 0.1) is 10.9 Å². The molecule has 0 aromatic heterocycles. The Kier molecular flexibility index (Phi) is 4.78. The maximum atomic E-state index is 13.1. The van der Waals surface area contributed by atoms with Gasteiger partial charge >= 0.3 is 0 Å². The summed E-state index contributed by atoms with van der Waals surface area (Å²) in [7, 11) is -3.75. The van der Waals surface area contributed by atoms with Gasteiger partial charge in [0.1, 0.15) is 0 Å². The van der Waals surface area contributed by atoms with Gasteiger partial charge in [-0.1, -0.05) is 11.6 Å². The molecule has 0 spiro atoms. The predicted octanol–water partition coefficient (Wildman–Crippen LogP) is 3.04. The number of carbonyl (C=O) groups excluding carboxylic acids is 1. The fraction of sp³-hybridized carbons (Fsp3) is 0.632. The third-order valence-electron chi connectivity index (χ3n) is 6.22. The molecule has 1 aromatic rings. The van der Waals surface area contributed by atoms with Crippen LogP contribution in [0.4, 0.5) is 0 Å². The van der Waals surface area contributed by atoms with Crippen molar-refractivity contribution >= 4 is 27.5 Å². The second-order valence-corrected chi connectivity index (χ2v) is 10.4. The molecule has 1 N–H and O–H groups in total. The number of hydrogen-bond donors (Lipinski definition) is 1. The average molecular weight is 397 g/mol. The Bertz CT molecular complexity index is 782. The van der Waals surface area contributed by atoms with Crippen LogP contribution in [0.15, 0.2) is 29.2 Å². The summed E-state index contributed by atoms with van der Waals surface area (Å²) in [6.45, 7) is 2.43. The molecule has 3 atom stereocenters. The number of carbonyl (C=O) groups is 1. The largest absolute Gasteiger partial charge is 0.338 e. The Hall–Kier alpha value is -1.11. The van der Waals surface area contributed by atoms with Crippen LogP contribution in [0, 0.1) is 17.8 Å². The highest BCUT2D eigenvalue weighted by atomic mass is 35.5. The van der Waals surface area contributed by atoms with E-state index >= 15 is 0 Å². The van der Waals surface area contributed by atoms with E-state index in [1.165, 1.54) is 43.5 Å². The lowest BCUT2D eigenvalue weighted by Gasteiger charge is -2.39. The summed E-state index contributed by atoms with van der Waals surface area (Å²) in [4.78, 5) is 15.1. The summed E-state index contributed by atoms with van der Waals surface area (Å²) in [5.74, 6) is 1.98. The van der Waals surface area contributed by atoms with Gasteiger partial charge < -0.3 is 4.90 Å². The smallest absolute Gasteiger partial charge is 0.241 e. The van der Waals surface area contributed by atoms with Gasteiger partial charge in [-0.05, 0) is 81.0 Å². The minimum Gasteiger partial charge on any atom is -0.338 e. The zero-order valence-electron chi connectivity index (χ0n) is 14.9. The van der Waals surface area contributed by atoms with Crippen molar-refractivity contribution in [3.05, 3.63) is 29.3 Å². The molecular weight excluding hydrogens is 372 g/mol. The van der Waals surface area contributed by atoms with Crippen LogP contribution in [0.25, 0.3) is 0 Å². The van der Waals surface area contributed by atoms with Gasteiger partial charge in [-0.2, -0.15) is 4.72 Å². The number of rotatable bonds is 4. The minimum absolute atomic E-state index is 0.0965. The summed E-state index contributed by atoms with van der Waals surface area (Å²) in [5, 5.41) is 0.475. The first-order valence-corrected chi connectivity index (χ1v) is 11.3. The SMILES string of the molecule is C[C@H](NS(=O)(=O)c1ccc(Cl)cc1)C(=O)N1CC2CC3CC(C2)CC1C3. The van der Waals surface area contributed by atoms with Crippen molar-refractivity contribution in [2.24, 2.45) is 17.8 Å². The topological polar surface area (TPSA) is 66.5 Å². The first-order valence-electron chi connectivity index (χ1n) is 9.40. The Morgan fingerprint density at radius 2 is 1.65 bits per heavy atom. The molecule has 2 aliphatic carbocycles. The lowest BCUT2D eigenvalue weighted by atomic mass is 9.68. The first-order chi connectivity index (χ1) is 12.3. The van der Waals surface area contributed by atoms with Crippen molar-refractivity contribution in [2.75, 3.05) is 6.54 Å². The summed E-state index contributed by atoms with van der Waals surface area (Å²) < 4.78 is 27.7. The van der Waals surface area contributed by atoms with Crippen molar-refractivity contribution in [3.8, 4) is 0 Å². The van der Waals surface area contributed by atoms with E-state index in [1.54, 1.807) is 6.92 Å². The van der Waals surface area contributed by atoms with Crippen LogP contribution in [-0.4, -0.2) is 37.9 Å². The van der Waals surface area contributed by atoms with E-state index in [0.29, 0.717) is 10.9 Å². The molecular formula is C19H25ClN2O3S. The number of halogens is 1. The van der Waals surface area contributed by atoms with Gasteiger partial charge in [-0.15, -0.1) is 0 Å². The zero-order chi connectivity index (χ0) is 18.5. The predicted molar refractivity (Wildman–Crippen MR) is 100 cm³/mol. The van der Waals surface area contributed by atoms with Gasteiger partial charge in [0.2, 0.25) is 15.9 Å². The second kappa shape index (κ2) is 6.80. The number of benzene rings is 1. The minimum atomic E-state index is -3.75. The fourth-order valence-corrected chi connectivity index (χ4v) is 6.59. The van der Waals surface area contributed by atoms with Crippen molar-refractivity contribution in [3.63, 3.8) is 0 Å². The zero-order valence-corrected chi connectivity index (χ0v) is 16.5. The molecule has 1 aromatic carbocycles. The number of fused-ring (bicyclic) bond motifs is 1. The Labute approximate surface area is 160 Å². The number of amides is 1. The van der Waals surface area contributed by atoms with E-state index in [1.807, 2.05) is 4.90 Å². The third-order valence-corrected chi connectivity index (χ3v) is 8.02. The maximum absolute atomic E-state index is 13.1. The van der Waals surface area contributed by atoms with Gasteiger partial charge in [-0.25, -0.2) is 8.42 Å². The molecule has 2 saturated heterocycles. The lowest BCUT2D eigenvalue weighted by Crippen LogP contribution is -2.51. The summed E-state index contributed by atoms with van der Waals surface area (Å²) in [5.41, 5.74) is 0. The summed E-state index contributed by atoms with van der Waals surface area (Å²) >= 11 is 5.83. The van der Waals surface area contributed by atoms with Crippen LogP contribution in [-0.2, 0) is 14.8 Å². The van der Waals surface area contributed by atoms with Crippen LogP contribution in [0.1, 0.15) is 39.0 Å². The summed E-state index contributed by atoms with van der Waals surface area (Å²) in [6.07, 6.45) is 5.92. The Morgan fingerprint density at radius 3 is 2.27 bits per heavy atom. The standard InChI is InChI=1S/C19H25ClN2O3S/c1-12(21-26(24,25)18-4-2-16(20)3-5-18)19(23)22-11-15-7-13-6-14(8-15)10-17(22)9-13/h2-5,12-15,17,21H,6-11H2,1H3/t12-,13?,14?,15?,17?/m0/s1. The molecule has 5 nitrogen and oxygen atoms in total. The highest BCUT2D eigenvalue weighted by molar-refractivity contribution is 7.89. The lowest BCUT2D eigenvalue weighted by molar-refractivity contribution is -0.135.